The molecule has 108 valence electrons. The maximum atomic E-state index is 12.1. The van der Waals surface area contributed by atoms with Gasteiger partial charge >= 0.3 is 6.61 Å². The van der Waals surface area contributed by atoms with Crippen molar-refractivity contribution < 1.29 is 13.5 Å². The predicted octanol–water partition coefficient (Wildman–Crippen LogP) is 3.92. The number of aromatic nitrogens is 1. The SMILES string of the molecule is CC(C)c1csc(C(N)c2ccc(OC(F)F)cc2)n1. The molecule has 0 aliphatic carbocycles. The molecule has 6 heteroatoms. The molecule has 20 heavy (non-hydrogen) atoms. The molecule has 0 bridgehead atoms. The summed E-state index contributed by atoms with van der Waals surface area (Å²) in [6.45, 7) is 1.32. The van der Waals surface area contributed by atoms with Crippen LogP contribution in [0.3, 0.4) is 0 Å². The van der Waals surface area contributed by atoms with Gasteiger partial charge in [0.2, 0.25) is 0 Å². The summed E-state index contributed by atoms with van der Waals surface area (Å²) in [4.78, 5) is 4.50. The molecule has 2 rings (SSSR count). The fourth-order valence-corrected chi connectivity index (χ4v) is 2.72. The normalized spacial score (nSPS) is 12.9. The molecule has 0 aliphatic rings. The number of halogens is 2. The van der Waals surface area contributed by atoms with Gasteiger partial charge in [0.1, 0.15) is 10.8 Å². The lowest BCUT2D eigenvalue weighted by Crippen LogP contribution is -2.12. The van der Waals surface area contributed by atoms with Crippen LogP contribution in [0.25, 0.3) is 0 Å². The van der Waals surface area contributed by atoms with Gasteiger partial charge in [-0.25, -0.2) is 4.98 Å². The molecule has 0 saturated heterocycles. The molecule has 1 aromatic carbocycles. The van der Waals surface area contributed by atoms with Gasteiger partial charge in [-0.15, -0.1) is 11.3 Å². The summed E-state index contributed by atoms with van der Waals surface area (Å²) in [5.41, 5.74) is 7.97. The fourth-order valence-electron chi connectivity index (χ4n) is 1.71. The molecule has 0 fully saturated rings. The smallest absolute Gasteiger partial charge is 0.387 e. The lowest BCUT2D eigenvalue weighted by atomic mass is 10.1. The highest BCUT2D eigenvalue weighted by Crippen LogP contribution is 2.27. The van der Waals surface area contributed by atoms with Crippen LogP contribution in [0.4, 0.5) is 8.78 Å². The molecular weight excluding hydrogens is 282 g/mol. The minimum absolute atomic E-state index is 0.123. The third-order valence-electron chi connectivity index (χ3n) is 2.86. The molecule has 0 spiro atoms. The minimum Gasteiger partial charge on any atom is -0.435 e. The van der Waals surface area contributed by atoms with Crippen LogP contribution in [0.1, 0.15) is 42.1 Å². The number of nitrogens with zero attached hydrogens (tertiary/aromatic N) is 1. The lowest BCUT2D eigenvalue weighted by molar-refractivity contribution is -0.0498. The number of benzene rings is 1. The van der Waals surface area contributed by atoms with Crippen molar-refractivity contribution in [2.45, 2.75) is 32.4 Å². The number of rotatable bonds is 5. The van der Waals surface area contributed by atoms with Crippen LogP contribution in [0.2, 0.25) is 0 Å². The van der Waals surface area contributed by atoms with E-state index < -0.39 is 6.61 Å². The van der Waals surface area contributed by atoms with Crippen molar-refractivity contribution in [3.05, 3.63) is 45.9 Å². The highest BCUT2D eigenvalue weighted by Gasteiger charge is 2.15. The summed E-state index contributed by atoms with van der Waals surface area (Å²) < 4.78 is 28.4. The monoisotopic (exact) mass is 298 g/mol. The first-order chi connectivity index (χ1) is 9.47. The van der Waals surface area contributed by atoms with E-state index in [1.807, 2.05) is 5.38 Å². The van der Waals surface area contributed by atoms with Gasteiger partial charge in [-0.2, -0.15) is 8.78 Å². The summed E-state index contributed by atoms with van der Waals surface area (Å²) in [5.74, 6) is 0.479. The number of thiazole rings is 1. The molecule has 3 nitrogen and oxygen atoms in total. The largest absolute Gasteiger partial charge is 0.435 e. The van der Waals surface area contributed by atoms with E-state index in [1.54, 1.807) is 12.1 Å². The van der Waals surface area contributed by atoms with Gasteiger partial charge in [-0.3, -0.25) is 0 Å². The Bertz CT molecular complexity index is 555. The Labute approximate surface area is 120 Å². The summed E-state index contributed by atoms with van der Waals surface area (Å²) >= 11 is 1.51. The second-order valence-electron chi connectivity index (χ2n) is 4.69. The summed E-state index contributed by atoms with van der Waals surface area (Å²) in [7, 11) is 0. The lowest BCUT2D eigenvalue weighted by Gasteiger charge is -2.10. The Hall–Kier alpha value is -1.53. The van der Waals surface area contributed by atoms with Gasteiger partial charge in [0.25, 0.3) is 0 Å². The van der Waals surface area contributed by atoms with Gasteiger partial charge in [0.05, 0.1) is 11.7 Å². The fraction of sp³-hybridized carbons (Fsp3) is 0.357. The van der Waals surface area contributed by atoms with Gasteiger partial charge in [0.15, 0.2) is 0 Å². The zero-order chi connectivity index (χ0) is 14.7. The van der Waals surface area contributed by atoms with Gasteiger partial charge in [-0.1, -0.05) is 26.0 Å². The van der Waals surface area contributed by atoms with E-state index in [1.165, 1.54) is 23.5 Å². The predicted molar refractivity (Wildman–Crippen MR) is 75.3 cm³/mol. The van der Waals surface area contributed by atoms with E-state index in [-0.39, 0.29) is 11.8 Å². The van der Waals surface area contributed by atoms with Gasteiger partial charge < -0.3 is 10.5 Å². The highest BCUT2D eigenvalue weighted by atomic mass is 32.1. The summed E-state index contributed by atoms with van der Waals surface area (Å²) in [6, 6.07) is 5.97. The molecule has 1 unspecified atom stereocenters. The van der Waals surface area contributed by atoms with Crippen LogP contribution < -0.4 is 10.5 Å². The minimum atomic E-state index is -2.82. The average Bonchev–Trinajstić information content (AvgIpc) is 2.88. The first-order valence-corrected chi connectivity index (χ1v) is 7.11. The van der Waals surface area contributed by atoms with Crippen molar-refractivity contribution in [2.75, 3.05) is 0 Å². The van der Waals surface area contributed by atoms with E-state index in [0.29, 0.717) is 5.92 Å². The average molecular weight is 298 g/mol. The summed E-state index contributed by atoms with van der Waals surface area (Å²) in [5, 5.41) is 2.81. The Morgan fingerprint density at radius 3 is 2.35 bits per heavy atom. The zero-order valence-electron chi connectivity index (χ0n) is 11.2. The van der Waals surface area contributed by atoms with E-state index in [0.717, 1.165) is 16.3 Å². The Kier molecular flexibility index (Phi) is 4.67. The number of alkyl halides is 2. The molecule has 0 amide bonds. The second kappa shape index (κ2) is 6.28. The van der Waals surface area contributed by atoms with Crippen molar-refractivity contribution in [1.29, 1.82) is 0 Å². The van der Waals surface area contributed by atoms with E-state index >= 15 is 0 Å². The second-order valence-corrected chi connectivity index (χ2v) is 5.58. The molecule has 0 radical (unpaired) electrons. The van der Waals surface area contributed by atoms with Crippen LogP contribution in [-0.4, -0.2) is 11.6 Å². The maximum Gasteiger partial charge on any atom is 0.387 e. The maximum absolute atomic E-state index is 12.1. The molecule has 2 N–H and O–H groups in total. The van der Waals surface area contributed by atoms with Crippen molar-refractivity contribution in [3.63, 3.8) is 0 Å². The van der Waals surface area contributed by atoms with Crippen LogP contribution in [0.15, 0.2) is 29.6 Å². The van der Waals surface area contributed by atoms with E-state index in [2.05, 4.69) is 23.6 Å². The van der Waals surface area contributed by atoms with Crippen molar-refractivity contribution in [2.24, 2.45) is 5.73 Å². The Morgan fingerprint density at radius 1 is 1.20 bits per heavy atom. The topological polar surface area (TPSA) is 48.1 Å². The van der Waals surface area contributed by atoms with Crippen LogP contribution in [0, 0.1) is 0 Å². The Balaban J connectivity index is 2.13. The zero-order valence-corrected chi connectivity index (χ0v) is 12.0. The van der Waals surface area contributed by atoms with Gasteiger partial charge in [0, 0.05) is 5.38 Å². The third kappa shape index (κ3) is 3.52. The van der Waals surface area contributed by atoms with E-state index in [4.69, 9.17) is 5.73 Å². The first-order valence-electron chi connectivity index (χ1n) is 6.23. The molecule has 1 heterocycles. The first kappa shape index (κ1) is 14.9. The quantitative estimate of drug-likeness (QED) is 0.910. The van der Waals surface area contributed by atoms with Crippen molar-refractivity contribution in [1.82, 2.24) is 4.98 Å². The highest BCUT2D eigenvalue weighted by molar-refractivity contribution is 7.09. The molecule has 1 aromatic heterocycles. The Morgan fingerprint density at radius 2 is 1.85 bits per heavy atom. The number of hydrogen-bond acceptors (Lipinski definition) is 4. The van der Waals surface area contributed by atoms with Crippen LogP contribution in [0.5, 0.6) is 5.75 Å². The van der Waals surface area contributed by atoms with Gasteiger partial charge in [-0.05, 0) is 23.6 Å². The van der Waals surface area contributed by atoms with Crippen LogP contribution in [-0.2, 0) is 0 Å². The molecule has 0 aliphatic heterocycles. The number of hydrogen-bond donors (Lipinski definition) is 1. The van der Waals surface area contributed by atoms with Crippen molar-refractivity contribution >= 4 is 11.3 Å². The third-order valence-corrected chi connectivity index (χ3v) is 3.81. The van der Waals surface area contributed by atoms with Crippen LogP contribution >= 0.6 is 11.3 Å². The molecule has 0 saturated carbocycles. The number of nitrogens with two attached hydrogens (primary N) is 1. The summed E-state index contributed by atoms with van der Waals surface area (Å²) in [6.07, 6.45) is 0. The molecule has 2 aromatic rings. The van der Waals surface area contributed by atoms with E-state index in [9.17, 15) is 8.78 Å². The standard InChI is InChI=1S/C14H16F2N2OS/c1-8(2)11-7-20-13(18-11)12(17)9-3-5-10(6-4-9)19-14(15)16/h3-8,12,14H,17H2,1-2H3. The van der Waals surface area contributed by atoms with Crippen molar-refractivity contribution in [3.8, 4) is 5.75 Å². The molecular formula is C14H16F2N2OS. The number of ether oxygens (including phenoxy) is 1. The molecule has 1 atom stereocenters.